The second-order valence-electron chi connectivity index (χ2n) is 5.31. The molecule has 1 fully saturated rings. The SMILES string of the molecule is CCOC(=O)c1ccc(C)c(S(=O)(=O)N2CCCC2C(=O)O)c1. The van der Waals surface area contributed by atoms with E-state index in [2.05, 4.69) is 0 Å². The first kappa shape index (κ1) is 17.4. The Bertz CT molecular complexity index is 727. The number of carbonyl (C=O) groups is 2. The first-order valence-electron chi connectivity index (χ1n) is 7.31. The minimum absolute atomic E-state index is 0.0591. The molecule has 1 unspecified atom stereocenters. The van der Waals surface area contributed by atoms with Gasteiger partial charge in [-0.25, -0.2) is 13.2 Å². The maximum Gasteiger partial charge on any atom is 0.338 e. The Kier molecular flexibility index (Phi) is 5.06. The second kappa shape index (κ2) is 6.67. The van der Waals surface area contributed by atoms with Crippen molar-refractivity contribution in [2.24, 2.45) is 0 Å². The molecule has 0 aliphatic carbocycles. The average molecular weight is 341 g/mol. The van der Waals surface area contributed by atoms with Crippen LogP contribution in [0.15, 0.2) is 23.1 Å². The van der Waals surface area contributed by atoms with Crippen LogP contribution in [0.5, 0.6) is 0 Å². The van der Waals surface area contributed by atoms with Crippen LogP contribution in [0.3, 0.4) is 0 Å². The van der Waals surface area contributed by atoms with E-state index in [0.29, 0.717) is 12.0 Å². The molecule has 1 aliphatic rings. The molecule has 2 rings (SSSR count). The highest BCUT2D eigenvalue weighted by molar-refractivity contribution is 7.89. The maximum atomic E-state index is 12.8. The Morgan fingerprint density at radius 1 is 1.39 bits per heavy atom. The lowest BCUT2D eigenvalue weighted by Gasteiger charge is -2.22. The van der Waals surface area contributed by atoms with Gasteiger partial charge in [0.05, 0.1) is 17.1 Å². The van der Waals surface area contributed by atoms with Crippen molar-refractivity contribution in [1.29, 1.82) is 0 Å². The van der Waals surface area contributed by atoms with Crippen molar-refractivity contribution >= 4 is 22.0 Å². The molecule has 1 aromatic rings. The van der Waals surface area contributed by atoms with E-state index in [1.165, 1.54) is 18.2 Å². The molecule has 8 heteroatoms. The summed E-state index contributed by atoms with van der Waals surface area (Å²) in [6.45, 7) is 3.60. The van der Waals surface area contributed by atoms with Gasteiger partial charge in [-0.3, -0.25) is 4.79 Å². The minimum Gasteiger partial charge on any atom is -0.480 e. The summed E-state index contributed by atoms with van der Waals surface area (Å²) in [6, 6.07) is 3.20. The first-order valence-corrected chi connectivity index (χ1v) is 8.75. The number of carboxylic acid groups (broad SMARTS) is 1. The zero-order chi connectivity index (χ0) is 17.2. The molecule has 7 nitrogen and oxygen atoms in total. The van der Waals surface area contributed by atoms with Gasteiger partial charge in [0.15, 0.2) is 0 Å². The number of sulfonamides is 1. The molecular formula is C15H19NO6S. The number of benzene rings is 1. The molecule has 1 aliphatic heterocycles. The topological polar surface area (TPSA) is 101 Å². The summed E-state index contributed by atoms with van der Waals surface area (Å²) in [5.41, 5.74) is 0.580. The molecule has 1 aromatic carbocycles. The van der Waals surface area contributed by atoms with Crippen molar-refractivity contribution < 1.29 is 27.9 Å². The lowest BCUT2D eigenvalue weighted by molar-refractivity contribution is -0.140. The van der Waals surface area contributed by atoms with Gasteiger partial charge < -0.3 is 9.84 Å². The molecule has 1 N–H and O–H groups in total. The molecule has 1 saturated heterocycles. The monoisotopic (exact) mass is 341 g/mol. The van der Waals surface area contributed by atoms with Crippen molar-refractivity contribution in [1.82, 2.24) is 4.31 Å². The fourth-order valence-electron chi connectivity index (χ4n) is 2.62. The van der Waals surface area contributed by atoms with Crippen LogP contribution in [0.1, 0.15) is 35.7 Å². The summed E-state index contributed by atoms with van der Waals surface area (Å²) < 4.78 is 31.5. The summed E-state index contributed by atoms with van der Waals surface area (Å²) >= 11 is 0. The predicted octanol–water partition coefficient (Wildman–Crippen LogP) is 1.41. The zero-order valence-corrected chi connectivity index (χ0v) is 13.8. The van der Waals surface area contributed by atoms with Crippen LogP contribution in [0.25, 0.3) is 0 Å². The fraction of sp³-hybridized carbons (Fsp3) is 0.467. The molecule has 1 atom stereocenters. The number of rotatable bonds is 5. The minimum atomic E-state index is -3.99. The van der Waals surface area contributed by atoms with Crippen molar-refractivity contribution in [2.45, 2.75) is 37.6 Å². The molecule has 1 heterocycles. The number of aryl methyl sites for hydroxylation is 1. The normalized spacial score (nSPS) is 18.8. The van der Waals surface area contributed by atoms with Crippen LogP contribution >= 0.6 is 0 Å². The van der Waals surface area contributed by atoms with E-state index in [1.54, 1.807) is 13.8 Å². The Morgan fingerprint density at radius 2 is 2.09 bits per heavy atom. The average Bonchev–Trinajstić information content (AvgIpc) is 2.98. The van der Waals surface area contributed by atoms with Gasteiger partial charge in [0, 0.05) is 6.54 Å². The molecule has 0 amide bonds. The first-order chi connectivity index (χ1) is 10.8. The zero-order valence-electron chi connectivity index (χ0n) is 13.0. The van der Waals surface area contributed by atoms with E-state index >= 15 is 0 Å². The number of esters is 1. The van der Waals surface area contributed by atoms with Crippen molar-refractivity contribution in [3.63, 3.8) is 0 Å². The quantitative estimate of drug-likeness (QED) is 0.813. The summed E-state index contributed by atoms with van der Waals surface area (Å²) in [5.74, 6) is -1.77. The Morgan fingerprint density at radius 3 is 2.70 bits per heavy atom. The summed E-state index contributed by atoms with van der Waals surface area (Å²) in [7, 11) is -3.99. The van der Waals surface area contributed by atoms with Crippen molar-refractivity contribution in [3.8, 4) is 0 Å². The van der Waals surface area contributed by atoms with E-state index in [0.717, 1.165) is 4.31 Å². The molecule has 0 bridgehead atoms. The molecule has 23 heavy (non-hydrogen) atoms. The van der Waals surface area contributed by atoms with E-state index in [9.17, 15) is 23.1 Å². The van der Waals surface area contributed by atoms with Crippen LogP contribution in [-0.4, -0.2) is 49.0 Å². The third-order valence-electron chi connectivity index (χ3n) is 3.77. The number of nitrogens with zero attached hydrogens (tertiary/aromatic N) is 1. The van der Waals surface area contributed by atoms with Crippen LogP contribution in [0, 0.1) is 6.92 Å². The van der Waals surface area contributed by atoms with Crippen LogP contribution in [0.4, 0.5) is 0 Å². The standard InChI is InChI=1S/C15H19NO6S/c1-3-22-15(19)11-7-6-10(2)13(9-11)23(20,21)16-8-4-5-12(16)14(17)18/h6-7,9,12H,3-5,8H2,1-2H3,(H,17,18). The fourth-order valence-corrected chi connectivity index (χ4v) is 4.52. The van der Waals surface area contributed by atoms with E-state index in [1.807, 2.05) is 0 Å². The molecule has 0 aromatic heterocycles. The second-order valence-corrected chi connectivity index (χ2v) is 7.17. The highest BCUT2D eigenvalue weighted by Gasteiger charge is 2.40. The lowest BCUT2D eigenvalue weighted by atomic mass is 10.1. The van der Waals surface area contributed by atoms with E-state index < -0.39 is 28.0 Å². The molecule has 0 spiro atoms. The van der Waals surface area contributed by atoms with Crippen LogP contribution < -0.4 is 0 Å². The lowest BCUT2D eigenvalue weighted by Crippen LogP contribution is -2.40. The van der Waals surface area contributed by atoms with Gasteiger partial charge in [-0.1, -0.05) is 6.07 Å². The van der Waals surface area contributed by atoms with Crippen LogP contribution in [0.2, 0.25) is 0 Å². The van der Waals surface area contributed by atoms with Gasteiger partial charge in [-0.05, 0) is 44.4 Å². The molecule has 126 valence electrons. The van der Waals surface area contributed by atoms with E-state index in [-0.39, 0.29) is 30.0 Å². The summed E-state index contributed by atoms with van der Waals surface area (Å²) in [6.07, 6.45) is 0.776. The molecular weight excluding hydrogens is 322 g/mol. The number of carboxylic acids is 1. The van der Waals surface area contributed by atoms with Crippen molar-refractivity contribution in [3.05, 3.63) is 29.3 Å². The number of ether oxygens (including phenoxy) is 1. The largest absolute Gasteiger partial charge is 0.480 e. The highest BCUT2D eigenvalue weighted by Crippen LogP contribution is 2.28. The third-order valence-corrected chi connectivity index (χ3v) is 5.82. The number of carbonyl (C=O) groups excluding carboxylic acids is 1. The van der Waals surface area contributed by atoms with Gasteiger partial charge in [0.25, 0.3) is 0 Å². The van der Waals surface area contributed by atoms with E-state index in [4.69, 9.17) is 4.74 Å². The Balaban J connectivity index is 2.45. The van der Waals surface area contributed by atoms with Gasteiger partial charge in [0.1, 0.15) is 6.04 Å². The summed E-state index contributed by atoms with van der Waals surface area (Å²) in [5, 5.41) is 9.20. The maximum absolute atomic E-state index is 12.8. The van der Waals surface area contributed by atoms with Gasteiger partial charge in [-0.2, -0.15) is 4.31 Å². The van der Waals surface area contributed by atoms with Gasteiger partial charge in [0.2, 0.25) is 10.0 Å². The highest BCUT2D eigenvalue weighted by atomic mass is 32.2. The van der Waals surface area contributed by atoms with Gasteiger partial charge in [-0.15, -0.1) is 0 Å². The Hall–Kier alpha value is -1.93. The van der Waals surface area contributed by atoms with Gasteiger partial charge >= 0.3 is 11.9 Å². The van der Waals surface area contributed by atoms with Crippen molar-refractivity contribution in [2.75, 3.05) is 13.2 Å². The molecule has 0 saturated carbocycles. The summed E-state index contributed by atoms with van der Waals surface area (Å²) in [4.78, 5) is 23.0. The number of hydrogen-bond acceptors (Lipinski definition) is 5. The number of hydrogen-bond donors (Lipinski definition) is 1. The number of aliphatic carboxylic acids is 1. The smallest absolute Gasteiger partial charge is 0.338 e. The Labute approximate surface area is 134 Å². The molecule has 0 radical (unpaired) electrons. The third kappa shape index (κ3) is 3.37. The van der Waals surface area contributed by atoms with Crippen LogP contribution in [-0.2, 0) is 19.6 Å². The predicted molar refractivity (Wildman–Crippen MR) is 81.7 cm³/mol.